The fraction of sp³-hybridized carbons (Fsp3) is 0.450. The SMILES string of the molecule is CC(C)C[C@H]1CC(F)(c2cccc(-c3[nH]nc4ncccc34)n2)CCN1.[HH].[HH]. The number of aromatic nitrogens is 4. The molecule has 3 aromatic rings. The second-order valence-electron chi connectivity index (χ2n) is 7.58. The second-order valence-corrected chi connectivity index (χ2v) is 7.58. The van der Waals surface area contributed by atoms with E-state index < -0.39 is 5.67 Å². The summed E-state index contributed by atoms with van der Waals surface area (Å²) in [6.07, 6.45) is 3.59. The van der Waals surface area contributed by atoms with Gasteiger partial charge >= 0.3 is 0 Å². The number of alkyl halides is 1. The molecule has 1 saturated heterocycles. The Morgan fingerprint density at radius 1 is 1.31 bits per heavy atom. The summed E-state index contributed by atoms with van der Waals surface area (Å²) in [6, 6.07) is 9.57. The van der Waals surface area contributed by atoms with Crippen molar-refractivity contribution in [1.29, 1.82) is 0 Å². The van der Waals surface area contributed by atoms with Crippen LogP contribution in [0.25, 0.3) is 22.4 Å². The van der Waals surface area contributed by atoms with Crippen molar-refractivity contribution in [3.05, 3.63) is 42.2 Å². The van der Waals surface area contributed by atoms with Gasteiger partial charge in [-0.2, -0.15) is 5.10 Å². The number of pyridine rings is 2. The zero-order valence-corrected chi connectivity index (χ0v) is 15.2. The zero-order chi connectivity index (χ0) is 18.1. The first kappa shape index (κ1) is 17.1. The Bertz CT molecular complexity index is 916. The van der Waals surface area contributed by atoms with Gasteiger partial charge in [0.15, 0.2) is 11.3 Å². The average Bonchev–Trinajstić information content (AvgIpc) is 3.05. The molecule has 2 atom stereocenters. The summed E-state index contributed by atoms with van der Waals surface area (Å²) in [5.41, 5.74) is 1.25. The monoisotopic (exact) mass is 357 g/mol. The number of piperidine rings is 1. The van der Waals surface area contributed by atoms with Crippen LogP contribution >= 0.6 is 0 Å². The lowest BCUT2D eigenvalue weighted by molar-refractivity contribution is 0.0803. The molecule has 0 amide bonds. The Morgan fingerprint density at radius 2 is 2.19 bits per heavy atom. The zero-order valence-electron chi connectivity index (χ0n) is 15.2. The molecule has 2 N–H and O–H groups in total. The van der Waals surface area contributed by atoms with E-state index in [-0.39, 0.29) is 8.90 Å². The maximum Gasteiger partial charge on any atom is 0.181 e. The summed E-state index contributed by atoms with van der Waals surface area (Å²) in [5, 5.41) is 11.6. The van der Waals surface area contributed by atoms with E-state index in [0.29, 0.717) is 42.3 Å². The molecule has 1 fully saturated rings. The molecule has 1 aliphatic heterocycles. The fourth-order valence-corrected chi connectivity index (χ4v) is 3.88. The normalized spacial score (nSPS) is 23.6. The largest absolute Gasteiger partial charge is 0.314 e. The number of halogens is 1. The molecule has 0 aliphatic carbocycles. The van der Waals surface area contributed by atoms with Gasteiger partial charge in [-0.1, -0.05) is 19.9 Å². The maximum absolute atomic E-state index is 15.8. The third kappa shape index (κ3) is 3.21. The molecule has 1 aliphatic rings. The van der Waals surface area contributed by atoms with E-state index >= 15 is 4.39 Å². The van der Waals surface area contributed by atoms with E-state index in [1.165, 1.54) is 0 Å². The summed E-state index contributed by atoms with van der Waals surface area (Å²) < 4.78 is 15.8. The molecule has 6 heteroatoms. The van der Waals surface area contributed by atoms with Gasteiger partial charge in [0.2, 0.25) is 0 Å². The molecule has 0 spiro atoms. The molecule has 4 rings (SSSR count). The first-order valence-electron chi connectivity index (χ1n) is 9.24. The molecule has 140 valence electrons. The van der Waals surface area contributed by atoms with Gasteiger partial charge < -0.3 is 5.32 Å². The lowest BCUT2D eigenvalue weighted by atomic mass is 9.83. The highest BCUT2D eigenvalue weighted by atomic mass is 19.1. The van der Waals surface area contributed by atoms with Crippen molar-refractivity contribution in [3.63, 3.8) is 0 Å². The molecular weight excluding hydrogens is 329 g/mol. The van der Waals surface area contributed by atoms with Gasteiger partial charge in [0, 0.05) is 26.9 Å². The molecule has 5 nitrogen and oxygen atoms in total. The summed E-state index contributed by atoms with van der Waals surface area (Å²) in [6.45, 7) is 5.02. The summed E-state index contributed by atoms with van der Waals surface area (Å²) >= 11 is 0. The van der Waals surface area contributed by atoms with E-state index in [1.807, 2.05) is 24.3 Å². The third-order valence-corrected chi connectivity index (χ3v) is 5.07. The summed E-state index contributed by atoms with van der Waals surface area (Å²) in [4.78, 5) is 8.91. The minimum atomic E-state index is -1.39. The number of hydrogen-bond acceptors (Lipinski definition) is 4. The van der Waals surface area contributed by atoms with Crippen LogP contribution in [-0.2, 0) is 5.67 Å². The summed E-state index contributed by atoms with van der Waals surface area (Å²) in [5.74, 6) is 0.540. The first-order chi connectivity index (χ1) is 12.5. The minimum Gasteiger partial charge on any atom is -0.314 e. The molecule has 0 saturated carbocycles. The predicted molar refractivity (Wildman–Crippen MR) is 105 cm³/mol. The highest BCUT2D eigenvalue weighted by Crippen LogP contribution is 2.38. The molecule has 4 heterocycles. The van der Waals surface area contributed by atoms with Gasteiger partial charge in [-0.25, -0.2) is 14.4 Å². The lowest BCUT2D eigenvalue weighted by Gasteiger charge is -2.36. The first-order valence-corrected chi connectivity index (χ1v) is 9.24. The highest BCUT2D eigenvalue weighted by Gasteiger charge is 2.39. The fourth-order valence-electron chi connectivity index (χ4n) is 3.88. The quantitative estimate of drug-likeness (QED) is 0.723. The van der Waals surface area contributed by atoms with Gasteiger partial charge in [-0.15, -0.1) is 0 Å². The van der Waals surface area contributed by atoms with Gasteiger partial charge in [-0.3, -0.25) is 5.10 Å². The van der Waals surface area contributed by atoms with Crippen molar-refractivity contribution in [2.75, 3.05) is 6.54 Å². The van der Waals surface area contributed by atoms with E-state index in [0.717, 1.165) is 17.5 Å². The Balaban J connectivity index is 0.00000140. The predicted octanol–water partition coefficient (Wildman–Crippen LogP) is 4.47. The van der Waals surface area contributed by atoms with E-state index in [4.69, 9.17) is 0 Å². The van der Waals surface area contributed by atoms with Gasteiger partial charge in [0.1, 0.15) is 0 Å². The average molecular weight is 357 g/mol. The van der Waals surface area contributed by atoms with Crippen LogP contribution in [0.4, 0.5) is 4.39 Å². The van der Waals surface area contributed by atoms with Crippen LogP contribution in [0, 0.1) is 5.92 Å². The Hall–Kier alpha value is -2.34. The lowest BCUT2D eigenvalue weighted by Crippen LogP contribution is -2.45. The number of hydrogen-bond donors (Lipinski definition) is 2. The molecule has 0 aromatic carbocycles. The molecule has 0 bridgehead atoms. The van der Waals surface area contributed by atoms with Crippen LogP contribution in [0.2, 0.25) is 0 Å². The summed E-state index contributed by atoms with van der Waals surface area (Å²) in [7, 11) is 0. The van der Waals surface area contributed by atoms with Gasteiger partial charge in [0.25, 0.3) is 0 Å². The number of H-pyrrole nitrogens is 1. The standard InChI is InChI=1S/C20H24FN5.2H2/c1-13(2)11-14-12-20(21,8-10-22-14)17-7-3-6-16(24-17)18-15-5-4-9-23-19(15)26-25-18;;/h3-7,9,13-14,22H,8,10-12H2,1-2H3,(H,23,25,26);2*1H/t14-,20?;;/m0../s1. The number of rotatable bonds is 4. The van der Waals surface area contributed by atoms with Crippen molar-refractivity contribution < 1.29 is 7.24 Å². The molecule has 1 unspecified atom stereocenters. The Kier molecular flexibility index (Phi) is 4.44. The van der Waals surface area contributed by atoms with Gasteiger partial charge in [-0.05, 0) is 49.6 Å². The topological polar surface area (TPSA) is 66.5 Å². The van der Waals surface area contributed by atoms with Crippen LogP contribution in [0.5, 0.6) is 0 Å². The number of fused-ring (bicyclic) bond motifs is 1. The molecule has 0 radical (unpaired) electrons. The minimum absolute atomic E-state index is 0. The maximum atomic E-state index is 15.8. The number of aromatic amines is 1. The smallest absolute Gasteiger partial charge is 0.181 e. The van der Waals surface area contributed by atoms with Crippen molar-refractivity contribution in [2.45, 2.75) is 44.8 Å². The highest BCUT2D eigenvalue weighted by molar-refractivity contribution is 5.89. The molecular formula is C20H28FN5. The molecule has 3 aromatic heterocycles. The Labute approximate surface area is 155 Å². The van der Waals surface area contributed by atoms with Crippen LogP contribution < -0.4 is 5.32 Å². The second kappa shape index (κ2) is 6.76. The Morgan fingerprint density at radius 3 is 3.04 bits per heavy atom. The number of nitrogens with one attached hydrogen (secondary N) is 2. The van der Waals surface area contributed by atoms with E-state index in [9.17, 15) is 0 Å². The van der Waals surface area contributed by atoms with E-state index in [2.05, 4.69) is 39.3 Å². The van der Waals surface area contributed by atoms with Crippen LogP contribution in [-0.4, -0.2) is 32.8 Å². The van der Waals surface area contributed by atoms with E-state index in [1.54, 1.807) is 12.3 Å². The third-order valence-electron chi connectivity index (χ3n) is 5.07. The van der Waals surface area contributed by atoms with Crippen LogP contribution in [0.1, 0.15) is 41.7 Å². The van der Waals surface area contributed by atoms with Crippen molar-refractivity contribution >= 4 is 11.0 Å². The van der Waals surface area contributed by atoms with Crippen molar-refractivity contribution in [2.24, 2.45) is 5.92 Å². The van der Waals surface area contributed by atoms with Crippen LogP contribution in [0.3, 0.4) is 0 Å². The van der Waals surface area contributed by atoms with Gasteiger partial charge in [0.05, 0.1) is 17.1 Å². The molecule has 26 heavy (non-hydrogen) atoms. The van der Waals surface area contributed by atoms with Crippen LogP contribution in [0.15, 0.2) is 36.5 Å². The van der Waals surface area contributed by atoms with Crippen molar-refractivity contribution in [1.82, 2.24) is 25.5 Å². The van der Waals surface area contributed by atoms with Crippen molar-refractivity contribution in [3.8, 4) is 11.4 Å². The number of nitrogens with zero attached hydrogens (tertiary/aromatic N) is 3.